The number of carbonyl (C=O) groups excluding carboxylic acids is 2. The lowest BCUT2D eigenvalue weighted by atomic mass is 9.98. The van der Waals surface area contributed by atoms with Crippen molar-refractivity contribution in [1.29, 1.82) is 0 Å². The predicted octanol–water partition coefficient (Wildman–Crippen LogP) is 4.77. The zero-order valence-corrected chi connectivity index (χ0v) is 18.3. The second kappa shape index (κ2) is 11.8. The van der Waals surface area contributed by atoms with E-state index in [2.05, 4.69) is 10.6 Å². The smallest absolute Gasteiger partial charge is 0.315 e. The lowest BCUT2D eigenvalue weighted by molar-refractivity contribution is -0.117. The number of amides is 3. The molecule has 1 aromatic carbocycles. The first kappa shape index (κ1) is 22.4. The number of benzene rings is 1. The minimum Gasteiger partial charge on any atom is -0.497 e. The maximum atomic E-state index is 12.6. The van der Waals surface area contributed by atoms with E-state index < -0.39 is 0 Å². The van der Waals surface area contributed by atoms with Gasteiger partial charge in [-0.15, -0.1) is 0 Å². The van der Waals surface area contributed by atoms with Crippen LogP contribution in [0.4, 0.5) is 10.5 Å². The van der Waals surface area contributed by atoms with Gasteiger partial charge in [0, 0.05) is 30.8 Å². The summed E-state index contributed by atoms with van der Waals surface area (Å²) in [6.45, 7) is 0.490. The van der Waals surface area contributed by atoms with Gasteiger partial charge in [0.15, 0.2) is 0 Å². The Hall–Kier alpha value is -2.24. The van der Waals surface area contributed by atoms with Gasteiger partial charge in [0.1, 0.15) is 5.75 Å². The summed E-state index contributed by atoms with van der Waals surface area (Å²) in [5, 5.41) is 6.21. The van der Waals surface area contributed by atoms with Gasteiger partial charge in [-0.3, -0.25) is 4.79 Å². The van der Waals surface area contributed by atoms with Crippen LogP contribution < -0.4 is 20.3 Å². The third-order valence-electron chi connectivity index (χ3n) is 6.27. The van der Waals surface area contributed by atoms with Crippen LogP contribution in [-0.4, -0.2) is 37.7 Å². The number of hydrogen-bond donors (Lipinski definition) is 2. The van der Waals surface area contributed by atoms with E-state index in [0.717, 1.165) is 24.3 Å². The summed E-state index contributed by atoms with van der Waals surface area (Å²) < 4.78 is 5.26. The van der Waals surface area contributed by atoms with Gasteiger partial charge >= 0.3 is 6.03 Å². The van der Waals surface area contributed by atoms with E-state index in [1.807, 2.05) is 24.3 Å². The maximum absolute atomic E-state index is 12.6. The third kappa shape index (κ3) is 6.92. The van der Waals surface area contributed by atoms with Crippen molar-refractivity contribution >= 4 is 17.6 Å². The van der Waals surface area contributed by atoms with Gasteiger partial charge in [0.05, 0.1) is 13.2 Å². The van der Waals surface area contributed by atoms with Crippen LogP contribution in [0.3, 0.4) is 0 Å². The molecule has 6 heteroatoms. The third-order valence-corrected chi connectivity index (χ3v) is 6.27. The summed E-state index contributed by atoms with van der Waals surface area (Å²) >= 11 is 0. The first-order valence-electron chi connectivity index (χ1n) is 11.7. The topological polar surface area (TPSA) is 70.7 Å². The number of anilines is 1. The highest BCUT2D eigenvalue weighted by Crippen LogP contribution is 2.25. The molecule has 0 aromatic heterocycles. The van der Waals surface area contributed by atoms with Crippen LogP contribution in [0.15, 0.2) is 24.3 Å². The van der Waals surface area contributed by atoms with Gasteiger partial charge in [-0.1, -0.05) is 63.9 Å². The number of hydrogen-bond acceptors (Lipinski definition) is 3. The van der Waals surface area contributed by atoms with Crippen molar-refractivity contribution in [1.82, 2.24) is 10.6 Å². The van der Waals surface area contributed by atoms with Crippen molar-refractivity contribution < 1.29 is 14.3 Å². The van der Waals surface area contributed by atoms with Gasteiger partial charge in [-0.05, 0) is 25.0 Å². The molecule has 2 N–H and O–H groups in total. The van der Waals surface area contributed by atoms with Gasteiger partial charge in [-0.25, -0.2) is 4.79 Å². The van der Waals surface area contributed by atoms with E-state index in [0.29, 0.717) is 13.0 Å². The largest absolute Gasteiger partial charge is 0.497 e. The molecule has 166 valence electrons. The zero-order valence-electron chi connectivity index (χ0n) is 18.3. The molecule has 3 rings (SSSR count). The Morgan fingerprint density at radius 3 is 2.17 bits per heavy atom. The maximum Gasteiger partial charge on any atom is 0.315 e. The first-order chi connectivity index (χ1) is 14.7. The molecule has 1 heterocycles. The summed E-state index contributed by atoms with van der Waals surface area (Å²) in [6, 6.07) is 7.40. The lowest BCUT2D eigenvalue weighted by Crippen LogP contribution is -2.47. The number of ether oxygens (including phenoxy) is 1. The number of rotatable bonds is 4. The van der Waals surface area contributed by atoms with Crippen LogP contribution in [0, 0.1) is 0 Å². The summed E-state index contributed by atoms with van der Waals surface area (Å²) in [4.78, 5) is 26.8. The molecule has 0 unspecified atom stereocenters. The Kier molecular flexibility index (Phi) is 8.84. The van der Waals surface area contributed by atoms with Gasteiger partial charge in [0.2, 0.25) is 5.91 Å². The van der Waals surface area contributed by atoms with Crippen LogP contribution in [0.5, 0.6) is 5.75 Å². The Morgan fingerprint density at radius 1 is 0.933 bits per heavy atom. The summed E-state index contributed by atoms with van der Waals surface area (Å²) in [7, 11) is 1.61. The Balaban J connectivity index is 1.49. The number of urea groups is 1. The van der Waals surface area contributed by atoms with Crippen LogP contribution in [0.1, 0.15) is 77.0 Å². The van der Waals surface area contributed by atoms with Crippen molar-refractivity contribution in [2.24, 2.45) is 0 Å². The van der Waals surface area contributed by atoms with E-state index in [1.165, 1.54) is 57.8 Å². The van der Waals surface area contributed by atoms with E-state index in [1.54, 1.807) is 12.0 Å². The highest BCUT2D eigenvalue weighted by molar-refractivity contribution is 5.97. The second-order valence-electron chi connectivity index (χ2n) is 8.68. The average molecular weight is 416 g/mol. The Bertz CT molecular complexity index is 682. The Labute approximate surface area is 180 Å². The fourth-order valence-electron chi connectivity index (χ4n) is 4.55. The molecule has 1 aliphatic carbocycles. The minimum absolute atomic E-state index is 0.0274. The Morgan fingerprint density at radius 2 is 1.53 bits per heavy atom. The monoisotopic (exact) mass is 415 g/mol. The molecule has 3 amide bonds. The van der Waals surface area contributed by atoms with E-state index >= 15 is 0 Å². The van der Waals surface area contributed by atoms with Crippen LogP contribution in [0.25, 0.3) is 0 Å². The summed E-state index contributed by atoms with van der Waals surface area (Å²) in [5.41, 5.74) is 0.809. The van der Waals surface area contributed by atoms with Crippen molar-refractivity contribution in [2.45, 2.75) is 89.1 Å². The summed E-state index contributed by atoms with van der Waals surface area (Å²) in [6.07, 6.45) is 14.0. The number of methoxy groups -OCH3 is 1. The second-order valence-corrected chi connectivity index (χ2v) is 8.68. The van der Waals surface area contributed by atoms with Crippen LogP contribution >= 0.6 is 0 Å². The highest BCUT2D eigenvalue weighted by atomic mass is 16.5. The van der Waals surface area contributed by atoms with E-state index in [9.17, 15) is 9.59 Å². The van der Waals surface area contributed by atoms with Crippen molar-refractivity contribution in [3.05, 3.63) is 24.3 Å². The predicted molar refractivity (Wildman–Crippen MR) is 120 cm³/mol. The number of nitrogens with one attached hydrogen (secondary N) is 2. The molecule has 0 radical (unpaired) electrons. The molecule has 30 heavy (non-hydrogen) atoms. The molecule has 1 atom stereocenters. The first-order valence-corrected chi connectivity index (χ1v) is 11.7. The van der Waals surface area contributed by atoms with Gasteiger partial charge in [0.25, 0.3) is 0 Å². The standard InChI is InChI=1S/C24H37N3O3/c1-30-22-15-11-14-21(17-22)27-18-20(16-23(27)28)26-24(29)25-19-12-9-7-5-3-2-4-6-8-10-13-19/h11,14-15,17,19-20H,2-10,12-13,16,18H2,1H3,(H2,25,26,29)/t20-/m0/s1. The molecule has 1 aliphatic heterocycles. The molecule has 0 spiro atoms. The average Bonchev–Trinajstić information content (AvgIpc) is 3.10. The van der Waals surface area contributed by atoms with E-state index in [4.69, 9.17) is 4.74 Å². The molecule has 1 saturated heterocycles. The molecule has 1 aromatic rings. The quantitative estimate of drug-likeness (QED) is 0.744. The van der Waals surface area contributed by atoms with Gasteiger partial charge < -0.3 is 20.3 Å². The fraction of sp³-hybridized carbons (Fsp3) is 0.667. The summed E-state index contributed by atoms with van der Waals surface area (Å²) in [5.74, 6) is 0.747. The molecule has 0 bridgehead atoms. The van der Waals surface area contributed by atoms with Crippen molar-refractivity contribution in [3.8, 4) is 5.75 Å². The van der Waals surface area contributed by atoms with Gasteiger partial charge in [-0.2, -0.15) is 0 Å². The van der Waals surface area contributed by atoms with Crippen molar-refractivity contribution in [3.63, 3.8) is 0 Å². The zero-order chi connectivity index (χ0) is 21.2. The highest BCUT2D eigenvalue weighted by Gasteiger charge is 2.32. The number of nitrogens with zero attached hydrogens (tertiary/aromatic N) is 1. The normalized spacial score (nSPS) is 22.1. The number of carbonyl (C=O) groups is 2. The molecule has 1 saturated carbocycles. The minimum atomic E-state index is -0.171. The lowest BCUT2D eigenvalue weighted by Gasteiger charge is -2.22. The van der Waals surface area contributed by atoms with Crippen molar-refractivity contribution in [2.75, 3.05) is 18.6 Å². The van der Waals surface area contributed by atoms with Crippen LogP contribution in [0.2, 0.25) is 0 Å². The molecular formula is C24H37N3O3. The molecule has 6 nitrogen and oxygen atoms in total. The molecular weight excluding hydrogens is 378 g/mol. The fourth-order valence-corrected chi connectivity index (χ4v) is 4.55. The SMILES string of the molecule is COc1cccc(N2C[C@@H](NC(=O)NC3CCCCCCCCCCC3)CC2=O)c1. The molecule has 2 fully saturated rings. The van der Waals surface area contributed by atoms with Crippen LogP contribution in [-0.2, 0) is 4.79 Å². The molecule has 2 aliphatic rings. The van der Waals surface area contributed by atoms with E-state index in [-0.39, 0.29) is 24.0 Å².